The van der Waals surface area contributed by atoms with Crippen molar-refractivity contribution in [1.29, 1.82) is 0 Å². The summed E-state index contributed by atoms with van der Waals surface area (Å²) in [6, 6.07) is 41.1. The molecular weight excluding hydrogens is 695 g/mol. The SMILES string of the molecule is C[C-]1C2=C3Cc4ccccc4C3C3CCCCC3C2CC(C)C1(C)C.[Cl-].[Cl-].[Zr+2]=[Si](c1ccccc1)c1ccccc1.c1cc[cH-]c1. The molecule has 5 atom stereocenters. The second-order valence-electron chi connectivity index (χ2n) is 14.1. The summed E-state index contributed by atoms with van der Waals surface area (Å²) in [7, 11) is 0. The Kier molecular flexibility index (Phi) is 13.4. The van der Waals surface area contributed by atoms with Gasteiger partial charge in [-0.05, 0) is 30.6 Å². The van der Waals surface area contributed by atoms with E-state index in [9.17, 15) is 0 Å². The number of rotatable bonds is 2. The molecule has 0 amide bonds. The van der Waals surface area contributed by atoms with Gasteiger partial charge in [0.1, 0.15) is 0 Å². The molecule has 0 bridgehead atoms. The van der Waals surface area contributed by atoms with Crippen molar-refractivity contribution in [2.24, 2.45) is 29.1 Å². The molecule has 46 heavy (non-hydrogen) atoms. The van der Waals surface area contributed by atoms with Crippen LogP contribution in [0.3, 0.4) is 0 Å². The molecule has 0 spiro atoms. The third-order valence-electron chi connectivity index (χ3n) is 11.6. The zero-order valence-corrected chi connectivity index (χ0v) is 32.8. The molecule has 4 aliphatic carbocycles. The van der Waals surface area contributed by atoms with Crippen molar-refractivity contribution in [2.75, 3.05) is 0 Å². The van der Waals surface area contributed by atoms with E-state index in [2.05, 4.69) is 113 Å². The molecule has 240 valence electrons. The largest absolute Gasteiger partial charge is 0.214 e. The van der Waals surface area contributed by atoms with Crippen molar-refractivity contribution in [3.63, 3.8) is 0 Å². The minimum absolute atomic E-state index is 0. The molecular formula is C42H48Cl2SiZr-2. The number of fused-ring (bicyclic) bond motifs is 7. The molecule has 0 aromatic heterocycles. The van der Waals surface area contributed by atoms with Gasteiger partial charge in [0, 0.05) is 0 Å². The van der Waals surface area contributed by atoms with E-state index in [1.165, 1.54) is 48.9 Å². The van der Waals surface area contributed by atoms with Crippen molar-refractivity contribution in [1.82, 2.24) is 0 Å². The summed E-state index contributed by atoms with van der Waals surface area (Å²) in [4.78, 5) is 0. The second-order valence-corrected chi connectivity index (χ2v) is 19.7. The van der Waals surface area contributed by atoms with E-state index in [-0.39, 0.29) is 24.8 Å². The molecule has 2 saturated carbocycles. The first-order valence-electron chi connectivity index (χ1n) is 16.9. The third-order valence-corrected chi connectivity index (χ3v) is 17.7. The van der Waals surface area contributed by atoms with Crippen LogP contribution in [0.4, 0.5) is 0 Å². The maximum absolute atomic E-state index is 2.51. The zero-order valence-electron chi connectivity index (χ0n) is 27.9. The minimum atomic E-state index is -0.455. The average Bonchev–Trinajstić information content (AvgIpc) is 3.77. The first-order chi connectivity index (χ1) is 21.4. The van der Waals surface area contributed by atoms with E-state index in [1.807, 2.05) is 41.5 Å². The van der Waals surface area contributed by atoms with Crippen LogP contribution >= 0.6 is 0 Å². The van der Waals surface area contributed by atoms with E-state index >= 15 is 0 Å². The Morgan fingerprint density at radius 1 is 0.761 bits per heavy atom. The van der Waals surface area contributed by atoms with Crippen LogP contribution in [0, 0.1) is 35.0 Å². The fraction of sp³-hybridized carbons (Fsp3) is 0.381. The van der Waals surface area contributed by atoms with Gasteiger partial charge in [-0.15, -0.1) is 6.92 Å². The fourth-order valence-corrected chi connectivity index (χ4v) is 12.6. The van der Waals surface area contributed by atoms with E-state index < -0.39 is 5.43 Å². The van der Waals surface area contributed by atoms with Gasteiger partial charge in [-0.2, -0.15) is 18.2 Å². The summed E-state index contributed by atoms with van der Waals surface area (Å²) < 4.78 is 0. The van der Waals surface area contributed by atoms with Crippen LogP contribution in [-0.4, -0.2) is 5.43 Å². The first kappa shape index (κ1) is 37.1. The summed E-state index contributed by atoms with van der Waals surface area (Å²) in [5.41, 5.74) is 6.90. The molecule has 8 rings (SSSR count). The van der Waals surface area contributed by atoms with Crippen LogP contribution in [-0.2, 0) is 29.8 Å². The predicted octanol–water partition coefficient (Wildman–Crippen LogP) is 3.47. The summed E-state index contributed by atoms with van der Waals surface area (Å²) in [6.45, 7) is 9.99. The molecule has 4 heteroatoms. The van der Waals surface area contributed by atoms with E-state index in [0.717, 1.165) is 29.6 Å². The van der Waals surface area contributed by atoms with Crippen LogP contribution in [0.15, 0.2) is 126 Å². The van der Waals surface area contributed by atoms with Crippen LogP contribution in [0.2, 0.25) is 0 Å². The van der Waals surface area contributed by atoms with E-state index in [4.69, 9.17) is 0 Å². The number of halogens is 2. The topological polar surface area (TPSA) is 0 Å². The predicted molar refractivity (Wildman–Crippen MR) is 185 cm³/mol. The molecule has 0 heterocycles. The minimum Gasteiger partial charge on any atom is -0.214 e. The summed E-state index contributed by atoms with van der Waals surface area (Å²) >= 11 is 1.64. The smallest absolute Gasteiger partial charge is 0.172 e. The summed E-state index contributed by atoms with van der Waals surface area (Å²) in [6.07, 6.45) is 8.52. The zero-order chi connectivity index (χ0) is 30.7. The molecule has 0 N–H and O–H groups in total. The van der Waals surface area contributed by atoms with Gasteiger partial charge < -0.3 is 24.8 Å². The second kappa shape index (κ2) is 16.6. The molecule has 5 unspecified atom stereocenters. The van der Waals surface area contributed by atoms with Gasteiger partial charge in [0.05, 0.1) is 0 Å². The number of hydrogen-bond acceptors (Lipinski definition) is 0. The van der Waals surface area contributed by atoms with Gasteiger partial charge in [0.25, 0.3) is 0 Å². The quantitative estimate of drug-likeness (QED) is 0.218. The molecule has 4 aromatic carbocycles. The summed E-state index contributed by atoms with van der Waals surface area (Å²) in [5.74, 6) is 6.00. The van der Waals surface area contributed by atoms with Gasteiger partial charge in [0.15, 0.2) is 0 Å². The summed E-state index contributed by atoms with van der Waals surface area (Å²) in [5, 5.41) is 3.03. The molecule has 2 fully saturated rings. The average molecular weight is 743 g/mol. The van der Waals surface area contributed by atoms with Gasteiger partial charge in [-0.25, -0.2) is 29.2 Å². The number of benzene rings is 3. The van der Waals surface area contributed by atoms with Crippen LogP contribution < -0.4 is 35.2 Å². The molecule has 0 radical (unpaired) electrons. The van der Waals surface area contributed by atoms with E-state index in [0.29, 0.717) is 5.41 Å². The fourth-order valence-electron chi connectivity index (χ4n) is 8.71. The number of allylic oxidation sites excluding steroid dienone is 2. The van der Waals surface area contributed by atoms with Crippen molar-refractivity contribution in [3.05, 3.63) is 143 Å². The molecule has 0 aliphatic heterocycles. The van der Waals surface area contributed by atoms with Crippen molar-refractivity contribution >= 4 is 15.8 Å². The Morgan fingerprint density at radius 2 is 1.30 bits per heavy atom. The first-order valence-corrected chi connectivity index (χ1v) is 22.1. The Balaban J connectivity index is 0.000000193. The Hall–Kier alpha value is -1.70. The van der Waals surface area contributed by atoms with Crippen molar-refractivity contribution in [2.45, 2.75) is 72.1 Å². The Bertz CT molecular complexity index is 1500. The van der Waals surface area contributed by atoms with Crippen molar-refractivity contribution < 1.29 is 48.1 Å². The standard InChI is InChI=1S/C25H33.C12H10Si.C5H5.2ClH.Zr/c1-15-13-21-19-11-7-8-12-20(19)24-18-10-6-5-9-17(18)14-22(24)23(21)16(2)25(15,3)4;1-3-7-11(8-4-1)13-12-9-5-2-6-10-12;1-2-4-5-3-1;;;/h5-6,9-10,15,19-21,24H,7-8,11-14H2,1-4H3;1-10H;1-5H;2*1H;/q-1;;-1;;;+2/p-2. The van der Waals surface area contributed by atoms with Crippen LogP contribution in [0.1, 0.15) is 76.8 Å². The molecule has 0 saturated heterocycles. The number of hydrogen-bond donors (Lipinski definition) is 0. The molecule has 0 nitrogen and oxygen atoms in total. The Labute approximate surface area is 306 Å². The van der Waals surface area contributed by atoms with Crippen LogP contribution in [0.25, 0.3) is 0 Å². The van der Waals surface area contributed by atoms with E-state index in [1.54, 1.807) is 40.4 Å². The molecule has 4 aliphatic rings. The third kappa shape index (κ3) is 7.62. The maximum Gasteiger partial charge on any atom is -0.172 e. The monoisotopic (exact) mass is 740 g/mol. The van der Waals surface area contributed by atoms with Crippen LogP contribution in [0.5, 0.6) is 0 Å². The normalized spacial score (nSPS) is 24.9. The van der Waals surface area contributed by atoms with Gasteiger partial charge >= 0.3 is 99.8 Å². The van der Waals surface area contributed by atoms with Crippen molar-refractivity contribution in [3.8, 4) is 0 Å². The Morgan fingerprint density at radius 3 is 1.87 bits per heavy atom. The van der Waals surface area contributed by atoms with Gasteiger partial charge in [0.2, 0.25) is 0 Å². The molecule has 4 aromatic rings. The van der Waals surface area contributed by atoms with Gasteiger partial charge in [-0.3, -0.25) is 0 Å². The maximum atomic E-state index is 2.51. The van der Waals surface area contributed by atoms with Gasteiger partial charge in [-0.1, -0.05) is 99.1 Å².